The lowest BCUT2D eigenvalue weighted by Crippen LogP contribution is -2.44. The molecule has 18 heavy (non-hydrogen) atoms. The zero-order valence-electron chi connectivity index (χ0n) is 12.0. The molecule has 0 fully saturated rings. The van der Waals surface area contributed by atoms with Crippen molar-refractivity contribution >= 4 is 10.9 Å². The van der Waals surface area contributed by atoms with Crippen LogP contribution < -0.4 is 5.32 Å². The van der Waals surface area contributed by atoms with E-state index in [0.717, 1.165) is 13.0 Å². The molecule has 0 atom stereocenters. The molecule has 1 aromatic heterocycles. The lowest BCUT2D eigenvalue weighted by Gasteiger charge is -2.32. The van der Waals surface area contributed by atoms with Crippen LogP contribution in [-0.2, 0) is 20.0 Å². The molecule has 2 nitrogen and oxygen atoms in total. The third-order valence-electron chi connectivity index (χ3n) is 4.33. The van der Waals surface area contributed by atoms with Crippen LogP contribution in [0.25, 0.3) is 10.9 Å². The van der Waals surface area contributed by atoms with Crippen molar-refractivity contribution in [2.75, 3.05) is 0 Å². The van der Waals surface area contributed by atoms with Gasteiger partial charge in [0.1, 0.15) is 0 Å². The van der Waals surface area contributed by atoms with Crippen molar-refractivity contribution in [1.29, 1.82) is 0 Å². The average molecular weight is 242 g/mol. The first-order chi connectivity index (χ1) is 8.41. The van der Waals surface area contributed by atoms with Gasteiger partial charge >= 0.3 is 0 Å². The molecule has 1 aliphatic heterocycles. The van der Waals surface area contributed by atoms with Crippen LogP contribution in [0.4, 0.5) is 0 Å². The topological polar surface area (TPSA) is 17.0 Å². The molecule has 1 aromatic carbocycles. The van der Waals surface area contributed by atoms with Crippen LogP contribution in [0.3, 0.4) is 0 Å². The van der Waals surface area contributed by atoms with Crippen LogP contribution in [0.1, 0.15) is 36.2 Å². The fourth-order valence-electron chi connectivity index (χ4n) is 3.33. The average Bonchev–Trinajstić information content (AvgIpc) is 2.57. The summed E-state index contributed by atoms with van der Waals surface area (Å²) in [4.78, 5) is 0. The maximum atomic E-state index is 3.63. The van der Waals surface area contributed by atoms with Crippen LogP contribution in [-0.4, -0.2) is 10.1 Å². The molecule has 96 valence electrons. The Morgan fingerprint density at radius 1 is 1.17 bits per heavy atom. The van der Waals surface area contributed by atoms with Crippen LogP contribution in [0.5, 0.6) is 0 Å². The fourth-order valence-corrected chi connectivity index (χ4v) is 3.33. The Labute approximate surface area is 109 Å². The minimum absolute atomic E-state index is 0.206. The Kier molecular flexibility index (Phi) is 2.36. The highest BCUT2D eigenvalue weighted by Gasteiger charge is 2.29. The fraction of sp³-hybridized carbons (Fsp3) is 0.500. The molecule has 1 aliphatic rings. The van der Waals surface area contributed by atoms with E-state index in [9.17, 15) is 0 Å². The van der Waals surface area contributed by atoms with Crippen molar-refractivity contribution in [2.45, 2.75) is 46.2 Å². The summed E-state index contributed by atoms with van der Waals surface area (Å²) in [6.45, 7) is 10.0. The number of aryl methyl sites for hydroxylation is 3. The van der Waals surface area contributed by atoms with Gasteiger partial charge in [-0.25, -0.2) is 0 Å². The summed E-state index contributed by atoms with van der Waals surface area (Å²) in [6.07, 6.45) is 1.12. The van der Waals surface area contributed by atoms with Crippen LogP contribution in [0, 0.1) is 13.8 Å². The number of nitrogens with one attached hydrogen (secondary N) is 1. The molecular weight excluding hydrogens is 220 g/mol. The summed E-state index contributed by atoms with van der Waals surface area (Å²) < 4.78 is 2.38. The number of aromatic nitrogens is 1. The van der Waals surface area contributed by atoms with Gasteiger partial charge in [-0.2, -0.15) is 0 Å². The van der Waals surface area contributed by atoms with Crippen LogP contribution >= 0.6 is 0 Å². The molecule has 0 spiro atoms. The predicted octanol–water partition coefficient (Wildman–Crippen LogP) is 3.22. The quantitative estimate of drug-likeness (QED) is 0.750. The van der Waals surface area contributed by atoms with Gasteiger partial charge in [-0.3, -0.25) is 0 Å². The van der Waals surface area contributed by atoms with E-state index in [0.29, 0.717) is 0 Å². The van der Waals surface area contributed by atoms with Gasteiger partial charge in [0.2, 0.25) is 0 Å². The molecule has 2 heterocycles. The first kappa shape index (κ1) is 11.8. The van der Waals surface area contributed by atoms with E-state index in [2.05, 4.69) is 56.8 Å². The number of nitrogens with zero attached hydrogens (tertiary/aromatic N) is 1. The van der Waals surface area contributed by atoms with Crippen molar-refractivity contribution in [3.05, 3.63) is 34.5 Å². The van der Waals surface area contributed by atoms with Crippen LogP contribution in [0.15, 0.2) is 12.1 Å². The third-order valence-corrected chi connectivity index (χ3v) is 4.33. The molecule has 1 N–H and O–H groups in total. The van der Waals surface area contributed by atoms with E-state index in [-0.39, 0.29) is 5.54 Å². The second-order valence-electron chi connectivity index (χ2n) is 6.32. The molecule has 0 saturated heterocycles. The summed E-state index contributed by atoms with van der Waals surface area (Å²) in [5.74, 6) is 0. The monoisotopic (exact) mass is 242 g/mol. The molecule has 0 radical (unpaired) electrons. The second kappa shape index (κ2) is 3.61. The molecule has 0 bridgehead atoms. The number of hydrogen-bond acceptors (Lipinski definition) is 1. The minimum atomic E-state index is 0.206. The molecule has 2 aromatic rings. The molecule has 0 saturated carbocycles. The van der Waals surface area contributed by atoms with Gasteiger partial charge in [0.25, 0.3) is 0 Å². The number of hydrogen-bond donors (Lipinski definition) is 1. The van der Waals surface area contributed by atoms with Gasteiger partial charge in [-0.1, -0.05) is 12.1 Å². The summed E-state index contributed by atoms with van der Waals surface area (Å²) in [5, 5.41) is 5.12. The van der Waals surface area contributed by atoms with Gasteiger partial charge in [-0.05, 0) is 50.8 Å². The highest BCUT2D eigenvalue weighted by molar-refractivity contribution is 5.91. The van der Waals surface area contributed by atoms with Crippen molar-refractivity contribution in [1.82, 2.24) is 9.88 Å². The number of benzene rings is 1. The van der Waals surface area contributed by atoms with Crippen molar-refractivity contribution in [2.24, 2.45) is 7.05 Å². The molecule has 2 heteroatoms. The Morgan fingerprint density at radius 3 is 2.56 bits per heavy atom. The minimum Gasteiger partial charge on any atom is -0.346 e. The SMILES string of the molecule is Cc1ccc(C)c2c1c1c(n2C)CNC(C)(C)C1. The normalized spacial score (nSPS) is 18.1. The highest BCUT2D eigenvalue weighted by atomic mass is 15.0. The Balaban J connectivity index is 2.39. The van der Waals surface area contributed by atoms with Gasteiger partial charge in [0.15, 0.2) is 0 Å². The molecule has 0 unspecified atom stereocenters. The lowest BCUT2D eigenvalue weighted by molar-refractivity contribution is 0.357. The maximum Gasteiger partial charge on any atom is 0.0515 e. The van der Waals surface area contributed by atoms with E-state index in [1.807, 2.05) is 0 Å². The Bertz CT molecular complexity index is 632. The van der Waals surface area contributed by atoms with Gasteiger partial charge < -0.3 is 9.88 Å². The summed E-state index contributed by atoms with van der Waals surface area (Å²) in [6, 6.07) is 4.49. The van der Waals surface area contributed by atoms with Gasteiger partial charge in [-0.15, -0.1) is 0 Å². The van der Waals surface area contributed by atoms with Gasteiger partial charge in [0.05, 0.1) is 5.52 Å². The lowest BCUT2D eigenvalue weighted by atomic mass is 9.88. The van der Waals surface area contributed by atoms with Crippen molar-refractivity contribution in [3.8, 4) is 0 Å². The molecular formula is C16H22N2. The molecule has 0 aliphatic carbocycles. The molecule has 0 amide bonds. The predicted molar refractivity (Wildman–Crippen MR) is 77.0 cm³/mol. The third kappa shape index (κ3) is 1.52. The highest BCUT2D eigenvalue weighted by Crippen LogP contribution is 2.35. The second-order valence-corrected chi connectivity index (χ2v) is 6.32. The first-order valence-corrected chi connectivity index (χ1v) is 6.72. The summed E-state index contributed by atoms with van der Waals surface area (Å²) in [5.41, 5.74) is 7.42. The first-order valence-electron chi connectivity index (χ1n) is 6.72. The zero-order chi connectivity index (χ0) is 13.1. The van der Waals surface area contributed by atoms with E-state index in [4.69, 9.17) is 0 Å². The van der Waals surface area contributed by atoms with Gasteiger partial charge in [0, 0.05) is 30.2 Å². The van der Waals surface area contributed by atoms with E-state index in [1.54, 1.807) is 5.56 Å². The van der Waals surface area contributed by atoms with Crippen LogP contribution in [0.2, 0.25) is 0 Å². The zero-order valence-corrected chi connectivity index (χ0v) is 12.0. The smallest absolute Gasteiger partial charge is 0.0515 e. The maximum absolute atomic E-state index is 3.63. The Morgan fingerprint density at radius 2 is 1.83 bits per heavy atom. The van der Waals surface area contributed by atoms with Crippen molar-refractivity contribution in [3.63, 3.8) is 0 Å². The van der Waals surface area contributed by atoms with Crippen molar-refractivity contribution < 1.29 is 0 Å². The number of fused-ring (bicyclic) bond motifs is 3. The van der Waals surface area contributed by atoms with E-state index < -0.39 is 0 Å². The molecule has 3 rings (SSSR count). The van der Waals surface area contributed by atoms with E-state index >= 15 is 0 Å². The van der Waals surface area contributed by atoms with E-state index in [1.165, 1.54) is 27.7 Å². The Hall–Kier alpha value is -1.28. The largest absolute Gasteiger partial charge is 0.346 e. The summed E-state index contributed by atoms with van der Waals surface area (Å²) in [7, 11) is 2.20. The number of rotatable bonds is 0. The summed E-state index contributed by atoms with van der Waals surface area (Å²) >= 11 is 0. The standard InChI is InChI=1S/C16H22N2/c1-10-6-7-11(2)15-14(10)12-8-16(3,4)17-9-13(12)18(15)5/h6-7,17H,8-9H2,1-5H3.